The molecule has 0 unspecified atom stereocenters. The Hall–Kier alpha value is -0.610. The third-order valence-electron chi connectivity index (χ3n) is 1.35. The summed E-state index contributed by atoms with van der Waals surface area (Å²) in [5.74, 6) is -0.290. The highest BCUT2D eigenvalue weighted by Crippen LogP contribution is 1.89. The van der Waals surface area contributed by atoms with Crippen molar-refractivity contribution in [3.63, 3.8) is 0 Å². The molecule has 4 nitrogen and oxygen atoms in total. The molecule has 0 radical (unpaired) electrons. The highest BCUT2D eigenvalue weighted by atomic mass is 16.6. The molecule has 0 saturated heterocycles. The predicted molar refractivity (Wildman–Crippen MR) is 46.0 cm³/mol. The number of ether oxygens (including phenoxy) is 2. The van der Waals surface area contributed by atoms with Gasteiger partial charge in [-0.2, -0.15) is 0 Å². The minimum atomic E-state index is -0.290. The van der Waals surface area contributed by atoms with Gasteiger partial charge < -0.3 is 14.8 Å². The van der Waals surface area contributed by atoms with Crippen molar-refractivity contribution in [3.8, 4) is 0 Å². The first-order valence-corrected chi connectivity index (χ1v) is 4.10. The maximum absolute atomic E-state index is 10.7. The van der Waals surface area contributed by atoms with Crippen LogP contribution in [-0.4, -0.2) is 39.9 Å². The van der Waals surface area contributed by atoms with E-state index < -0.39 is 0 Å². The number of rotatable bonds is 7. The topological polar surface area (TPSA) is 47.6 Å². The number of methoxy groups -OCH3 is 1. The summed E-state index contributed by atoms with van der Waals surface area (Å²) in [6.07, 6.45) is 1.92. The van der Waals surface area contributed by atoms with Crippen molar-refractivity contribution in [2.75, 3.05) is 33.9 Å². The molecular formula is C8H17NO3. The molecule has 0 atom stereocenters. The number of carbonyl (C=O) groups is 1. The van der Waals surface area contributed by atoms with Crippen molar-refractivity contribution in [3.05, 3.63) is 0 Å². The first-order chi connectivity index (χ1) is 5.81. The van der Waals surface area contributed by atoms with Crippen LogP contribution < -0.4 is 5.32 Å². The first kappa shape index (κ1) is 11.4. The second kappa shape index (κ2) is 8.49. The third kappa shape index (κ3) is 7.50. The highest BCUT2D eigenvalue weighted by Gasteiger charge is 1.99. The molecule has 12 heavy (non-hydrogen) atoms. The van der Waals surface area contributed by atoms with Gasteiger partial charge in [-0.1, -0.05) is 0 Å². The van der Waals surface area contributed by atoms with Gasteiger partial charge in [0.2, 0.25) is 0 Å². The van der Waals surface area contributed by atoms with Crippen molar-refractivity contribution >= 4 is 5.97 Å². The summed E-state index contributed by atoms with van der Waals surface area (Å²) in [5.41, 5.74) is 0. The molecule has 0 aliphatic heterocycles. The Balaban J connectivity index is 3.03. The monoisotopic (exact) mass is 175 g/mol. The van der Waals surface area contributed by atoms with E-state index in [-0.39, 0.29) is 12.6 Å². The van der Waals surface area contributed by atoms with Crippen LogP contribution in [0.15, 0.2) is 0 Å². The van der Waals surface area contributed by atoms with Crippen LogP contribution in [0.4, 0.5) is 0 Å². The maximum Gasteiger partial charge on any atom is 0.332 e. The van der Waals surface area contributed by atoms with Gasteiger partial charge in [-0.3, -0.25) is 0 Å². The van der Waals surface area contributed by atoms with Crippen molar-refractivity contribution in [2.45, 2.75) is 12.8 Å². The fourth-order valence-corrected chi connectivity index (χ4v) is 0.749. The number of hydrogen-bond donors (Lipinski definition) is 1. The molecule has 0 fully saturated rings. The molecule has 0 bridgehead atoms. The van der Waals surface area contributed by atoms with Gasteiger partial charge in [0.05, 0.1) is 6.61 Å². The third-order valence-corrected chi connectivity index (χ3v) is 1.35. The van der Waals surface area contributed by atoms with Crippen LogP contribution in [0.3, 0.4) is 0 Å². The average molecular weight is 175 g/mol. The number of esters is 1. The zero-order valence-corrected chi connectivity index (χ0v) is 7.76. The molecule has 1 N–H and O–H groups in total. The van der Waals surface area contributed by atoms with E-state index in [2.05, 4.69) is 10.1 Å². The van der Waals surface area contributed by atoms with Gasteiger partial charge in [0.25, 0.3) is 0 Å². The molecule has 0 aliphatic rings. The Morgan fingerprint density at radius 1 is 1.42 bits per heavy atom. The number of nitrogens with one attached hydrogen (secondary N) is 1. The molecule has 0 amide bonds. The normalized spacial score (nSPS) is 9.83. The molecule has 4 heteroatoms. The first-order valence-electron chi connectivity index (χ1n) is 4.10. The molecule has 0 spiro atoms. The summed E-state index contributed by atoms with van der Waals surface area (Å²) in [5, 5.41) is 3.02. The minimum absolute atomic E-state index is 0.0476. The zero-order valence-electron chi connectivity index (χ0n) is 7.76. The van der Waals surface area contributed by atoms with Crippen molar-refractivity contribution < 1.29 is 14.3 Å². The molecule has 0 aromatic heterocycles. The summed E-state index contributed by atoms with van der Waals surface area (Å²) < 4.78 is 9.43. The average Bonchev–Trinajstić information content (AvgIpc) is 2.05. The Bertz CT molecular complexity index is 117. The van der Waals surface area contributed by atoms with E-state index in [1.165, 1.54) is 7.11 Å². The lowest BCUT2D eigenvalue weighted by molar-refractivity contribution is -0.148. The number of hydrogen-bond acceptors (Lipinski definition) is 4. The maximum atomic E-state index is 10.7. The van der Waals surface area contributed by atoms with E-state index in [1.807, 2.05) is 7.05 Å². The molecule has 0 aliphatic carbocycles. The van der Waals surface area contributed by atoms with Crippen LogP contribution in [0, 0.1) is 0 Å². The van der Waals surface area contributed by atoms with Crippen LogP contribution in [0.2, 0.25) is 0 Å². The zero-order chi connectivity index (χ0) is 9.23. The van der Waals surface area contributed by atoms with E-state index in [4.69, 9.17) is 4.74 Å². The van der Waals surface area contributed by atoms with E-state index in [0.717, 1.165) is 19.4 Å². The van der Waals surface area contributed by atoms with Gasteiger partial charge in [0, 0.05) is 7.11 Å². The lowest BCUT2D eigenvalue weighted by atomic mass is 10.3. The van der Waals surface area contributed by atoms with Crippen LogP contribution in [0.25, 0.3) is 0 Å². The second-order valence-corrected chi connectivity index (χ2v) is 2.46. The van der Waals surface area contributed by atoms with Gasteiger partial charge in [-0.05, 0) is 26.4 Å². The molecule has 0 rings (SSSR count). The van der Waals surface area contributed by atoms with Gasteiger partial charge >= 0.3 is 5.97 Å². The van der Waals surface area contributed by atoms with Gasteiger partial charge in [0.15, 0.2) is 0 Å². The summed E-state index contributed by atoms with van der Waals surface area (Å²) in [7, 11) is 3.37. The van der Waals surface area contributed by atoms with Crippen LogP contribution >= 0.6 is 0 Å². The number of unbranched alkanes of at least 4 members (excludes halogenated alkanes) is 1. The smallest absolute Gasteiger partial charge is 0.332 e. The summed E-state index contributed by atoms with van der Waals surface area (Å²) in [6, 6.07) is 0. The summed E-state index contributed by atoms with van der Waals surface area (Å²) in [4.78, 5) is 10.7. The lowest BCUT2D eigenvalue weighted by Gasteiger charge is -2.03. The van der Waals surface area contributed by atoms with Crippen LogP contribution in [-0.2, 0) is 14.3 Å². The molecule has 0 aromatic carbocycles. The summed E-state index contributed by atoms with van der Waals surface area (Å²) >= 11 is 0. The Morgan fingerprint density at radius 2 is 2.17 bits per heavy atom. The van der Waals surface area contributed by atoms with Gasteiger partial charge in [0.1, 0.15) is 6.61 Å². The minimum Gasteiger partial charge on any atom is -0.464 e. The van der Waals surface area contributed by atoms with Crippen LogP contribution in [0.5, 0.6) is 0 Å². The van der Waals surface area contributed by atoms with E-state index in [1.54, 1.807) is 0 Å². The Kier molecular flexibility index (Phi) is 8.05. The highest BCUT2D eigenvalue weighted by molar-refractivity contribution is 5.70. The SMILES string of the molecule is CNCCCCOC(=O)COC. The van der Waals surface area contributed by atoms with E-state index in [0.29, 0.717) is 6.61 Å². The predicted octanol–water partition coefficient (Wildman–Crippen LogP) is 0.176. The van der Waals surface area contributed by atoms with Crippen molar-refractivity contribution in [2.24, 2.45) is 0 Å². The van der Waals surface area contributed by atoms with Crippen LogP contribution in [0.1, 0.15) is 12.8 Å². The largest absolute Gasteiger partial charge is 0.464 e. The number of carbonyl (C=O) groups excluding carboxylic acids is 1. The Morgan fingerprint density at radius 3 is 2.75 bits per heavy atom. The molecular weight excluding hydrogens is 158 g/mol. The molecule has 72 valence electrons. The second-order valence-electron chi connectivity index (χ2n) is 2.46. The quantitative estimate of drug-likeness (QED) is 0.443. The molecule has 0 heterocycles. The summed E-state index contributed by atoms with van der Waals surface area (Å²) in [6.45, 7) is 1.50. The van der Waals surface area contributed by atoms with Gasteiger partial charge in [-0.25, -0.2) is 4.79 Å². The van der Waals surface area contributed by atoms with Gasteiger partial charge in [-0.15, -0.1) is 0 Å². The van der Waals surface area contributed by atoms with E-state index >= 15 is 0 Å². The molecule has 0 saturated carbocycles. The van der Waals surface area contributed by atoms with Crippen molar-refractivity contribution in [1.82, 2.24) is 5.32 Å². The fourth-order valence-electron chi connectivity index (χ4n) is 0.749. The fraction of sp³-hybridized carbons (Fsp3) is 0.875. The van der Waals surface area contributed by atoms with E-state index in [9.17, 15) is 4.79 Å². The Labute approximate surface area is 73.2 Å². The standard InChI is InChI=1S/C8H17NO3/c1-9-5-3-4-6-12-8(10)7-11-2/h9H,3-7H2,1-2H3. The van der Waals surface area contributed by atoms with Crippen molar-refractivity contribution in [1.29, 1.82) is 0 Å². The molecule has 0 aromatic rings. The lowest BCUT2D eigenvalue weighted by Crippen LogP contribution is -2.13.